The van der Waals surface area contributed by atoms with E-state index in [0.29, 0.717) is 0 Å². The fraction of sp³-hybridized carbons (Fsp3) is 1.00. The van der Waals surface area contributed by atoms with Crippen molar-refractivity contribution in [3.8, 4) is 0 Å². The summed E-state index contributed by atoms with van der Waals surface area (Å²) in [5, 5.41) is 0. The number of hydrogen-bond donors (Lipinski definition) is 0. The molecule has 0 aliphatic carbocycles. The summed E-state index contributed by atoms with van der Waals surface area (Å²) in [6.07, 6.45) is -1.91. The Morgan fingerprint density at radius 2 is 2.00 bits per heavy atom. The van der Waals surface area contributed by atoms with Crippen LogP contribution >= 0.6 is 33.2 Å². The second-order valence-corrected chi connectivity index (χ2v) is 14.6. The number of halogens is 3. The van der Waals surface area contributed by atoms with E-state index in [0.717, 1.165) is 6.04 Å². The van der Waals surface area contributed by atoms with E-state index in [2.05, 4.69) is 0 Å². The molecule has 0 nitrogen and oxygen atoms in total. The molecule has 0 aromatic carbocycles. The SMILES string of the molecule is CC[Si](Cl)(Cl)[Si]Cl. The minimum absolute atomic E-state index is 0.226. The van der Waals surface area contributed by atoms with Gasteiger partial charge in [-0.25, -0.2) is 0 Å². The summed E-state index contributed by atoms with van der Waals surface area (Å²) in [6.45, 7) is 1.96. The minimum atomic E-state index is -1.91. The molecule has 0 bridgehead atoms. The van der Waals surface area contributed by atoms with E-state index in [4.69, 9.17) is 33.2 Å². The first kappa shape index (κ1) is 8.30. The van der Waals surface area contributed by atoms with Crippen LogP contribution in [0, 0.1) is 0 Å². The molecular formula is C2H5Cl3Si2. The quantitative estimate of drug-likeness (QED) is 0.464. The maximum Gasteiger partial charge on any atom is 0.253 e. The highest BCUT2D eigenvalue weighted by atomic mass is 35.7. The lowest BCUT2D eigenvalue weighted by molar-refractivity contribution is 1.46. The molecule has 0 spiro atoms. The molecule has 0 N–H and O–H groups in total. The van der Waals surface area contributed by atoms with Crippen molar-refractivity contribution in [3.63, 3.8) is 0 Å². The predicted octanol–water partition coefficient (Wildman–Crippen LogP) is 2.28. The third-order valence-corrected chi connectivity index (χ3v) is 11.6. The lowest BCUT2D eigenvalue weighted by Gasteiger charge is -2.05. The van der Waals surface area contributed by atoms with Gasteiger partial charge in [0.25, 0.3) is 6.21 Å². The zero-order chi connectivity index (χ0) is 5.91. The summed E-state index contributed by atoms with van der Waals surface area (Å²) >= 11 is 16.8. The fourth-order valence-corrected chi connectivity index (χ4v) is 1.80. The lowest BCUT2D eigenvalue weighted by atomic mass is 11.0. The summed E-state index contributed by atoms with van der Waals surface area (Å²) in [6, 6.07) is 0.845. The molecule has 42 valence electrons. The molecule has 0 aliphatic heterocycles. The second-order valence-electron chi connectivity index (χ2n) is 1.15. The third kappa shape index (κ3) is 3.85. The molecule has 0 amide bonds. The van der Waals surface area contributed by atoms with Crippen LogP contribution in [-0.2, 0) is 0 Å². The summed E-state index contributed by atoms with van der Waals surface area (Å²) < 4.78 is 0. The van der Waals surface area contributed by atoms with Crippen LogP contribution in [0.4, 0.5) is 0 Å². The highest BCUT2D eigenvalue weighted by Gasteiger charge is 2.25. The maximum absolute atomic E-state index is 5.69. The van der Waals surface area contributed by atoms with Crippen LogP contribution in [0.2, 0.25) is 6.04 Å². The van der Waals surface area contributed by atoms with E-state index in [-0.39, 0.29) is 8.35 Å². The predicted molar refractivity (Wildman–Crippen MR) is 39.5 cm³/mol. The van der Waals surface area contributed by atoms with Gasteiger partial charge in [-0.05, 0) is 6.04 Å². The van der Waals surface area contributed by atoms with Gasteiger partial charge in [-0.3, -0.25) is 0 Å². The van der Waals surface area contributed by atoms with Crippen LogP contribution in [0.15, 0.2) is 0 Å². The van der Waals surface area contributed by atoms with Crippen molar-refractivity contribution >= 4 is 47.8 Å². The van der Waals surface area contributed by atoms with E-state index < -0.39 is 6.21 Å². The summed E-state index contributed by atoms with van der Waals surface area (Å²) in [5.74, 6) is 0. The molecule has 2 radical (unpaired) electrons. The Morgan fingerprint density at radius 3 is 2.00 bits per heavy atom. The highest BCUT2D eigenvalue weighted by molar-refractivity contribution is 7.73. The van der Waals surface area contributed by atoms with Gasteiger partial charge in [-0.1, -0.05) is 6.92 Å². The molecule has 0 aliphatic rings. The molecule has 0 saturated carbocycles. The van der Waals surface area contributed by atoms with Crippen LogP contribution in [0.3, 0.4) is 0 Å². The van der Waals surface area contributed by atoms with Gasteiger partial charge in [0.1, 0.15) is 0 Å². The molecule has 0 unspecified atom stereocenters. The average Bonchev–Trinajstić information content (AvgIpc) is 1.68. The van der Waals surface area contributed by atoms with Crippen LogP contribution < -0.4 is 0 Å². The fourth-order valence-electron chi connectivity index (χ4n) is 0.0668. The van der Waals surface area contributed by atoms with E-state index in [1.165, 1.54) is 0 Å². The summed E-state index contributed by atoms with van der Waals surface area (Å²) in [5.41, 5.74) is 0. The second kappa shape index (κ2) is 3.35. The van der Waals surface area contributed by atoms with Gasteiger partial charge < -0.3 is 0 Å². The van der Waals surface area contributed by atoms with Crippen LogP contribution in [0.1, 0.15) is 6.92 Å². The lowest BCUT2D eigenvalue weighted by Crippen LogP contribution is -2.23. The molecule has 0 saturated heterocycles. The van der Waals surface area contributed by atoms with Crippen molar-refractivity contribution in [2.45, 2.75) is 13.0 Å². The van der Waals surface area contributed by atoms with E-state index in [1.54, 1.807) is 0 Å². The Morgan fingerprint density at radius 1 is 1.57 bits per heavy atom. The molecule has 0 atom stereocenters. The van der Waals surface area contributed by atoms with Gasteiger partial charge in [0.05, 0.1) is 0 Å². The monoisotopic (exact) mass is 190 g/mol. The van der Waals surface area contributed by atoms with Gasteiger partial charge in [0, 0.05) is 0 Å². The average molecular weight is 192 g/mol. The Labute approximate surface area is 60.9 Å². The highest BCUT2D eigenvalue weighted by Crippen LogP contribution is 2.18. The van der Waals surface area contributed by atoms with Gasteiger partial charge >= 0.3 is 0 Å². The smallest absolute Gasteiger partial charge is 0.172 e. The van der Waals surface area contributed by atoms with Crippen molar-refractivity contribution in [3.05, 3.63) is 0 Å². The molecule has 5 heteroatoms. The van der Waals surface area contributed by atoms with E-state index in [1.807, 2.05) is 6.92 Å². The van der Waals surface area contributed by atoms with Gasteiger partial charge in [0.2, 0.25) is 0 Å². The first-order valence-electron chi connectivity index (χ1n) is 1.88. The molecule has 0 rings (SSSR count). The van der Waals surface area contributed by atoms with Crippen molar-refractivity contribution < 1.29 is 0 Å². The standard InChI is InChI=1S/C2H5Cl3Si2/c1-2-7(4,5)6-3/h2H2,1H3. The molecule has 0 heterocycles. The zero-order valence-corrected chi connectivity index (χ0v) is 8.11. The van der Waals surface area contributed by atoms with Crippen LogP contribution in [0.25, 0.3) is 0 Å². The van der Waals surface area contributed by atoms with E-state index >= 15 is 0 Å². The molecule has 0 aromatic rings. The zero-order valence-electron chi connectivity index (χ0n) is 3.84. The maximum atomic E-state index is 5.69. The van der Waals surface area contributed by atoms with E-state index in [9.17, 15) is 0 Å². The van der Waals surface area contributed by atoms with Crippen molar-refractivity contribution in [2.24, 2.45) is 0 Å². The molecule has 0 fully saturated rings. The first-order valence-corrected chi connectivity index (χ1v) is 9.12. The molecule has 0 aromatic heterocycles. The topological polar surface area (TPSA) is 0 Å². The summed E-state index contributed by atoms with van der Waals surface area (Å²) in [7, 11) is 0.226. The Kier molecular flexibility index (Phi) is 3.98. The number of hydrogen-bond acceptors (Lipinski definition) is 0. The third-order valence-electron chi connectivity index (χ3n) is 0.582. The van der Waals surface area contributed by atoms with Gasteiger partial charge in [0.15, 0.2) is 8.35 Å². The Hall–Kier alpha value is 1.30. The first-order chi connectivity index (χ1) is 3.12. The van der Waals surface area contributed by atoms with Crippen molar-refractivity contribution in [1.29, 1.82) is 0 Å². The Bertz CT molecular complexity index is 48.9. The van der Waals surface area contributed by atoms with Crippen molar-refractivity contribution in [2.75, 3.05) is 0 Å². The largest absolute Gasteiger partial charge is 0.253 e. The van der Waals surface area contributed by atoms with Crippen molar-refractivity contribution in [1.82, 2.24) is 0 Å². The number of rotatable bonds is 2. The van der Waals surface area contributed by atoms with Crippen LogP contribution in [-0.4, -0.2) is 14.6 Å². The van der Waals surface area contributed by atoms with Gasteiger partial charge in [-0.2, -0.15) is 11.1 Å². The van der Waals surface area contributed by atoms with Gasteiger partial charge in [-0.15, -0.1) is 22.2 Å². The molecular weight excluding hydrogens is 187 g/mol. The Balaban J connectivity index is 3.36. The molecule has 7 heavy (non-hydrogen) atoms. The normalized spacial score (nSPS) is 12.0. The summed E-state index contributed by atoms with van der Waals surface area (Å²) in [4.78, 5) is 0. The minimum Gasteiger partial charge on any atom is -0.172 e. The van der Waals surface area contributed by atoms with Crippen LogP contribution in [0.5, 0.6) is 0 Å².